The largest absolute Gasteiger partial charge is 0.497 e. The van der Waals surface area contributed by atoms with E-state index in [0.29, 0.717) is 17.9 Å². The summed E-state index contributed by atoms with van der Waals surface area (Å²) in [6.45, 7) is 2.59. The highest BCUT2D eigenvalue weighted by atomic mass is 17.2. The van der Waals surface area contributed by atoms with Crippen LogP contribution in [0.15, 0.2) is 24.3 Å². The quantitative estimate of drug-likeness (QED) is 0.404. The van der Waals surface area contributed by atoms with E-state index in [4.69, 9.17) is 14.5 Å². The summed E-state index contributed by atoms with van der Waals surface area (Å²) in [6.07, 6.45) is 4.35. The average molecular weight is 252 g/mol. The molecular formula is C14H20O4. The van der Waals surface area contributed by atoms with E-state index in [9.17, 15) is 4.79 Å². The van der Waals surface area contributed by atoms with Crippen molar-refractivity contribution in [2.75, 3.05) is 13.7 Å². The van der Waals surface area contributed by atoms with Gasteiger partial charge in [-0.15, -0.1) is 0 Å². The van der Waals surface area contributed by atoms with Gasteiger partial charge in [-0.2, -0.15) is 4.89 Å². The van der Waals surface area contributed by atoms with Gasteiger partial charge in [0.1, 0.15) is 5.75 Å². The monoisotopic (exact) mass is 252 g/mol. The number of rotatable bonds is 8. The molecule has 0 fully saturated rings. The van der Waals surface area contributed by atoms with E-state index >= 15 is 0 Å². The molecule has 1 aromatic carbocycles. The van der Waals surface area contributed by atoms with Crippen LogP contribution in [-0.2, 0) is 9.78 Å². The molecule has 0 radical (unpaired) electrons. The molecule has 1 rings (SSSR count). The molecule has 0 amide bonds. The zero-order chi connectivity index (χ0) is 13.2. The Hall–Kier alpha value is -1.55. The van der Waals surface area contributed by atoms with Crippen molar-refractivity contribution in [1.82, 2.24) is 0 Å². The lowest BCUT2D eigenvalue weighted by Crippen LogP contribution is -2.06. The molecule has 18 heavy (non-hydrogen) atoms. The molecule has 0 unspecified atom stereocenters. The Balaban J connectivity index is 2.23. The van der Waals surface area contributed by atoms with Gasteiger partial charge in [-0.1, -0.05) is 26.2 Å². The van der Waals surface area contributed by atoms with E-state index in [1.807, 2.05) is 0 Å². The summed E-state index contributed by atoms with van der Waals surface area (Å²) in [5.74, 6) is 0.222. The molecule has 0 aliphatic rings. The molecule has 0 aliphatic heterocycles. The van der Waals surface area contributed by atoms with Crippen molar-refractivity contribution in [3.63, 3.8) is 0 Å². The van der Waals surface area contributed by atoms with Gasteiger partial charge < -0.3 is 4.74 Å². The molecule has 0 N–H and O–H groups in total. The van der Waals surface area contributed by atoms with E-state index in [1.165, 1.54) is 12.8 Å². The second-order valence-electron chi connectivity index (χ2n) is 3.98. The van der Waals surface area contributed by atoms with Gasteiger partial charge >= 0.3 is 5.97 Å². The first kappa shape index (κ1) is 14.5. The van der Waals surface area contributed by atoms with Gasteiger partial charge in [0.2, 0.25) is 0 Å². The number of ether oxygens (including phenoxy) is 1. The summed E-state index contributed by atoms with van der Waals surface area (Å²) in [7, 11) is 1.58. The van der Waals surface area contributed by atoms with Crippen molar-refractivity contribution in [2.24, 2.45) is 0 Å². The van der Waals surface area contributed by atoms with Gasteiger partial charge in [0.05, 0.1) is 19.3 Å². The van der Waals surface area contributed by atoms with Crippen LogP contribution >= 0.6 is 0 Å². The van der Waals surface area contributed by atoms with Gasteiger partial charge in [-0.05, 0) is 30.7 Å². The Morgan fingerprint density at radius 1 is 1.11 bits per heavy atom. The van der Waals surface area contributed by atoms with Gasteiger partial charge in [0.25, 0.3) is 0 Å². The average Bonchev–Trinajstić information content (AvgIpc) is 2.42. The Labute approximate surface area is 108 Å². The molecule has 100 valence electrons. The third kappa shape index (κ3) is 5.19. The van der Waals surface area contributed by atoms with Crippen molar-refractivity contribution in [2.45, 2.75) is 32.6 Å². The van der Waals surface area contributed by atoms with Gasteiger partial charge in [0.15, 0.2) is 0 Å². The van der Waals surface area contributed by atoms with Gasteiger partial charge in [-0.25, -0.2) is 4.79 Å². The molecule has 0 bridgehead atoms. The number of hydrogen-bond acceptors (Lipinski definition) is 4. The molecule has 4 nitrogen and oxygen atoms in total. The van der Waals surface area contributed by atoms with Crippen LogP contribution in [0.2, 0.25) is 0 Å². The van der Waals surface area contributed by atoms with Crippen LogP contribution in [-0.4, -0.2) is 19.7 Å². The zero-order valence-electron chi connectivity index (χ0n) is 11.0. The standard InChI is InChI=1S/C14H20O4/c1-3-4-5-6-11-17-18-14(15)12-7-9-13(16-2)10-8-12/h7-10H,3-6,11H2,1-2H3. The maximum atomic E-state index is 11.5. The third-order valence-electron chi connectivity index (χ3n) is 2.54. The molecule has 0 heterocycles. The number of hydrogen-bond donors (Lipinski definition) is 0. The minimum atomic E-state index is -0.479. The number of methoxy groups -OCH3 is 1. The summed E-state index contributed by atoms with van der Waals surface area (Å²) in [5.41, 5.74) is 0.448. The van der Waals surface area contributed by atoms with E-state index < -0.39 is 5.97 Å². The molecule has 0 saturated carbocycles. The first-order chi connectivity index (χ1) is 8.77. The van der Waals surface area contributed by atoms with Crippen LogP contribution in [0.3, 0.4) is 0 Å². The van der Waals surface area contributed by atoms with Crippen LogP contribution in [0.25, 0.3) is 0 Å². The van der Waals surface area contributed by atoms with Crippen LogP contribution in [0.4, 0.5) is 0 Å². The Kier molecular flexibility index (Phi) is 6.87. The zero-order valence-corrected chi connectivity index (χ0v) is 11.0. The first-order valence-electron chi connectivity index (χ1n) is 6.25. The minimum absolute atomic E-state index is 0.446. The highest BCUT2D eigenvalue weighted by Gasteiger charge is 2.07. The normalized spacial score (nSPS) is 10.1. The summed E-state index contributed by atoms with van der Waals surface area (Å²) in [5, 5.41) is 0. The van der Waals surface area contributed by atoms with E-state index in [2.05, 4.69) is 6.92 Å². The van der Waals surface area contributed by atoms with Gasteiger partial charge in [-0.3, -0.25) is 4.89 Å². The molecule has 0 saturated heterocycles. The second-order valence-corrected chi connectivity index (χ2v) is 3.98. The fourth-order valence-corrected chi connectivity index (χ4v) is 1.46. The fourth-order valence-electron chi connectivity index (χ4n) is 1.46. The Bertz CT molecular complexity index is 345. The van der Waals surface area contributed by atoms with Crippen LogP contribution < -0.4 is 4.74 Å². The summed E-state index contributed by atoms with van der Waals surface area (Å²) < 4.78 is 5.00. The molecule has 4 heteroatoms. The van der Waals surface area contributed by atoms with Crippen molar-refractivity contribution in [1.29, 1.82) is 0 Å². The van der Waals surface area contributed by atoms with Crippen molar-refractivity contribution >= 4 is 5.97 Å². The lowest BCUT2D eigenvalue weighted by atomic mass is 10.2. The summed E-state index contributed by atoms with van der Waals surface area (Å²) in [6, 6.07) is 6.69. The number of carbonyl (C=O) groups is 1. The van der Waals surface area contributed by atoms with Crippen LogP contribution in [0, 0.1) is 0 Å². The van der Waals surface area contributed by atoms with Crippen LogP contribution in [0.5, 0.6) is 5.75 Å². The maximum Gasteiger partial charge on any atom is 0.373 e. The minimum Gasteiger partial charge on any atom is -0.497 e. The predicted molar refractivity (Wildman–Crippen MR) is 68.5 cm³/mol. The third-order valence-corrected chi connectivity index (χ3v) is 2.54. The predicted octanol–water partition coefficient (Wildman–Crippen LogP) is 3.36. The maximum absolute atomic E-state index is 11.5. The highest BCUT2D eigenvalue weighted by molar-refractivity contribution is 5.89. The van der Waals surface area contributed by atoms with Crippen molar-refractivity contribution in [3.05, 3.63) is 29.8 Å². The van der Waals surface area contributed by atoms with Gasteiger partial charge in [0, 0.05) is 0 Å². The lowest BCUT2D eigenvalue weighted by Gasteiger charge is -2.04. The van der Waals surface area contributed by atoms with E-state index in [1.54, 1.807) is 31.4 Å². The molecule has 0 aliphatic carbocycles. The summed E-state index contributed by atoms with van der Waals surface area (Å²) in [4.78, 5) is 21.1. The van der Waals surface area contributed by atoms with Crippen molar-refractivity contribution in [3.8, 4) is 5.75 Å². The van der Waals surface area contributed by atoms with Crippen molar-refractivity contribution < 1.29 is 19.3 Å². The first-order valence-corrected chi connectivity index (χ1v) is 6.25. The Morgan fingerprint density at radius 2 is 1.83 bits per heavy atom. The fraction of sp³-hybridized carbons (Fsp3) is 0.500. The topological polar surface area (TPSA) is 44.8 Å². The number of benzene rings is 1. The molecule has 1 aromatic rings. The second kappa shape index (κ2) is 8.53. The smallest absolute Gasteiger partial charge is 0.373 e. The lowest BCUT2D eigenvalue weighted by molar-refractivity contribution is -0.241. The number of unbranched alkanes of at least 4 members (excludes halogenated alkanes) is 3. The molecule has 0 atom stereocenters. The highest BCUT2D eigenvalue weighted by Crippen LogP contribution is 2.12. The summed E-state index contributed by atoms with van der Waals surface area (Å²) >= 11 is 0. The molecule has 0 aromatic heterocycles. The molecular weight excluding hydrogens is 232 g/mol. The van der Waals surface area contributed by atoms with E-state index in [-0.39, 0.29) is 0 Å². The SMILES string of the molecule is CCCCCCOOC(=O)c1ccc(OC)cc1. The molecule has 0 spiro atoms. The Morgan fingerprint density at radius 3 is 2.44 bits per heavy atom. The number of carbonyl (C=O) groups excluding carboxylic acids is 1. The van der Waals surface area contributed by atoms with Crippen LogP contribution in [0.1, 0.15) is 43.0 Å². The van der Waals surface area contributed by atoms with E-state index in [0.717, 1.165) is 12.8 Å².